The highest BCUT2D eigenvalue weighted by atomic mass is 16.1. The Bertz CT molecular complexity index is 347. The van der Waals surface area contributed by atoms with E-state index in [-0.39, 0.29) is 11.9 Å². The van der Waals surface area contributed by atoms with Crippen LogP contribution in [-0.4, -0.2) is 66.1 Å². The molecule has 1 saturated heterocycles. The van der Waals surface area contributed by atoms with Crippen LogP contribution < -0.4 is 11.1 Å². The monoisotopic (exact) mass is 298 g/mol. The summed E-state index contributed by atoms with van der Waals surface area (Å²) in [6.45, 7) is 13.7. The SMILES string of the molecule is CCC1CN(C(C)CC(C)(NC(C)C)C(N)=O)CCN1C. The number of rotatable bonds is 7. The highest BCUT2D eigenvalue weighted by molar-refractivity contribution is 5.84. The first-order chi connectivity index (χ1) is 9.69. The Hall–Kier alpha value is -0.650. The summed E-state index contributed by atoms with van der Waals surface area (Å²) in [5.41, 5.74) is 5.00. The van der Waals surface area contributed by atoms with Crippen molar-refractivity contribution >= 4 is 5.91 Å². The number of primary amides is 1. The van der Waals surface area contributed by atoms with Gasteiger partial charge in [0.1, 0.15) is 0 Å². The number of hydrogen-bond acceptors (Lipinski definition) is 4. The fraction of sp³-hybridized carbons (Fsp3) is 0.938. The fourth-order valence-electron chi connectivity index (χ4n) is 3.40. The predicted octanol–water partition coefficient (Wildman–Crippen LogP) is 1.03. The van der Waals surface area contributed by atoms with E-state index < -0.39 is 5.54 Å². The summed E-state index contributed by atoms with van der Waals surface area (Å²) >= 11 is 0. The highest BCUT2D eigenvalue weighted by Gasteiger charge is 2.36. The van der Waals surface area contributed by atoms with Gasteiger partial charge in [-0.3, -0.25) is 9.69 Å². The number of likely N-dealkylation sites (N-methyl/N-ethyl adjacent to an activating group) is 1. The molecule has 3 atom stereocenters. The second kappa shape index (κ2) is 7.56. The minimum Gasteiger partial charge on any atom is -0.368 e. The molecule has 0 aromatic carbocycles. The molecule has 1 rings (SSSR count). The minimum absolute atomic E-state index is 0.241. The van der Waals surface area contributed by atoms with Gasteiger partial charge in [-0.05, 0) is 47.6 Å². The average molecular weight is 298 g/mol. The van der Waals surface area contributed by atoms with Crippen LogP contribution in [-0.2, 0) is 4.79 Å². The van der Waals surface area contributed by atoms with Gasteiger partial charge >= 0.3 is 0 Å². The van der Waals surface area contributed by atoms with Gasteiger partial charge < -0.3 is 16.0 Å². The number of carbonyl (C=O) groups is 1. The van der Waals surface area contributed by atoms with Crippen LogP contribution in [0.1, 0.15) is 47.5 Å². The standard InChI is InChI=1S/C16H34N4O/c1-7-14-11-20(9-8-19(14)6)13(4)10-16(5,15(17)21)18-12(2)3/h12-14,18H,7-11H2,1-6H3,(H2,17,21). The number of amides is 1. The molecule has 1 aliphatic rings. The van der Waals surface area contributed by atoms with E-state index in [9.17, 15) is 4.79 Å². The number of nitrogens with zero attached hydrogens (tertiary/aromatic N) is 2. The topological polar surface area (TPSA) is 61.6 Å². The zero-order chi connectivity index (χ0) is 16.2. The van der Waals surface area contributed by atoms with Gasteiger partial charge in [-0.2, -0.15) is 0 Å². The van der Waals surface area contributed by atoms with Gasteiger partial charge in [0.15, 0.2) is 0 Å². The molecular formula is C16H34N4O. The van der Waals surface area contributed by atoms with Crippen LogP contribution in [0.2, 0.25) is 0 Å². The molecule has 21 heavy (non-hydrogen) atoms. The highest BCUT2D eigenvalue weighted by Crippen LogP contribution is 2.20. The lowest BCUT2D eigenvalue weighted by Gasteiger charge is -2.44. The number of hydrogen-bond donors (Lipinski definition) is 2. The Morgan fingerprint density at radius 1 is 1.38 bits per heavy atom. The van der Waals surface area contributed by atoms with E-state index in [4.69, 9.17) is 5.73 Å². The lowest BCUT2D eigenvalue weighted by atomic mass is 9.90. The summed E-state index contributed by atoms with van der Waals surface area (Å²) in [4.78, 5) is 16.8. The van der Waals surface area contributed by atoms with Gasteiger partial charge in [0.05, 0.1) is 5.54 Å². The van der Waals surface area contributed by atoms with Crippen molar-refractivity contribution in [2.45, 2.75) is 71.1 Å². The molecule has 0 aromatic rings. The van der Waals surface area contributed by atoms with Gasteiger partial charge in [0.25, 0.3) is 0 Å². The molecule has 1 heterocycles. The maximum atomic E-state index is 11.9. The van der Waals surface area contributed by atoms with Gasteiger partial charge in [-0.15, -0.1) is 0 Å². The molecule has 1 fully saturated rings. The molecule has 0 bridgehead atoms. The average Bonchev–Trinajstić information content (AvgIpc) is 2.37. The molecule has 5 nitrogen and oxygen atoms in total. The maximum absolute atomic E-state index is 11.9. The molecule has 0 radical (unpaired) electrons. The molecule has 1 aliphatic heterocycles. The molecule has 0 saturated carbocycles. The van der Waals surface area contributed by atoms with E-state index in [1.165, 1.54) is 0 Å². The van der Waals surface area contributed by atoms with E-state index in [1.807, 2.05) is 6.92 Å². The molecular weight excluding hydrogens is 264 g/mol. The quantitative estimate of drug-likeness (QED) is 0.737. The number of carbonyl (C=O) groups excluding carboxylic acids is 1. The molecule has 5 heteroatoms. The molecule has 3 N–H and O–H groups in total. The Balaban J connectivity index is 2.69. The summed E-state index contributed by atoms with van der Waals surface area (Å²) in [5, 5.41) is 3.35. The lowest BCUT2D eigenvalue weighted by molar-refractivity contribution is -0.125. The van der Waals surface area contributed by atoms with Crippen LogP contribution in [0.3, 0.4) is 0 Å². The van der Waals surface area contributed by atoms with Crippen molar-refractivity contribution < 1.29 is 4.79 Å². The van der Waals surface area contributed by atoms with Crippen LogP contribution in [0.5, 0.6) is 0 Å². The third-order valence-corrected chi connectivity index (χ3v) is 4.76. The van der Waals surface area contributed by atoms with E-state index in [0.717, 1.165) is 32.5 Å². The second-order valence-electron chi connectivity index (χ2n) is 7.09. The van der Waals surface area contributed by atoms with E-state index in [0.29, 0.717) is 12.1 Å². The normalized spacial score (nSPS) is 25.8. The van der Waals surface area contributed by atoms with Crippen LogP contribution >= 0.6 is 0 Å². The van der Waals surface area contributed by atoms with E-state index >= 15 is 0 Å². The summed E-state index contributed by atoms with van der Waals surface area (Å²) < 4.78 is 0. The number of piperazine rings is 1. The molecule has 3 unspecified atom stereocenters. The summed E-state index contributed by atoms with van der Waals surface area (Å²) in [6.07, 6.45) is 1.91. The molecule has 0 spiro atoms. The zero-order valence-electron chi connectivity index (χ0n) is 14.6. The molecule has 1 amide bonds. The minimum atomic E-state index is -0.640. The van der Waals surface area contributed by atoms with Crippen LogP contribution in [0.4, 0.5) is 0 Å². The van der Waals surface area contributed by atoms with Crippen LogP contribution in [0, 0.1) is 0 Å². The summed E-state index contributed by atoms with van der Waals surface area (Å²) in [5.74, 6) is -0.260. The number of nitrogens with two attached hydrogens (primary N) is 1. The third-order valence-electron chi connectivity index (χ3n) is 4.76. The van der Waals surface area contributed by atoms with Crippen molar-refractivity contribution in [2.24, 2.45) is 5.73 Å². The van der Waals surface area contributed by atoms with Crippen LogP contribution in [0.15, 0.2) is 0 Å². The number of nitrogens with one attached hydrogen (secondary N) is 1. The lowest BCUT2D eigenvalue weighted by Crippen LogP contribution is -2.60. The van der Waals surface area contributed by atoms with Crippen LogP contribution in [0.25, 0.3) is 0 Å². The molecule has 0 aliphatic carbocycles. The molecule has 0 aromatic heterocycles. The van der Waals surface area contributed by atoms with Crippen molar-refractivity contribution in [3.63, 3.8) is 0 Å². The first-order valence-corrected chi connectivity index (χ1v) is 8.21. The predicted molar refractivity (Wildman–Crippen MR) is 88.2 cm³/mol. The Morgan fingerprint density at radius 3 is 2.48 bits per heavy atom. The maximum Gasteiger partial charge on any atom is 0.237 e. The van der Waals surface area contributed by atoms with Crippen molar-refractivity contribution in [1.82, 2.24) is 15.1 Å². The first-order valence-electron chi connectivity index (χ1n) is 8.21. The third kappa shape index (κ3) is 4.94. The van der Waals surface area contributed by atoms with Gasteiger partial charge in [0.2, 0.25) is 5.91 Å². The van der Waals surface area contributed by atoms with Gasteiger partial charge in [-0.25, -0.2) is 0 Å². The van der Waals surface area contributed by atoms with Crippen molar-refractivity contribution in [1.29, 1.82) is 0 Å². The Morgan fingerprint density at radius 2 is 2.00 bits per heavy atom. The summed E-state index contributed by atoms with van der Waals surface area (Å²) in [7, 11) is 2.20. The first kappa shape index (κ1) is 18.4. The summed E-state index contributed by atoms with van der Waals surface area (Å²) in [6, 6.07) is 1.20. The van der Waals surface area contributed by atoms with Gasteiger partial charge in [-0.1, -0.05) is 6.92 Å². The second-order valence-corrected chi connectivity index (χ2v) is 7.09. The zero-order valence-corrected chi connectivity index (χ0v) is 14.6. The Kier molecular flexibility index (Phi) is 6.63. The largest absolute Gasteiger partial charge is 0.368 e. The smallest absolute Gasteiger partial charge is 0.237 e. The van der Waals surface area contributed by atoms with Crippen molar-refractivity contribution in [3.05, 3.63) is 0 Å². The van der Waals surface area contributed by atoms with E-state index in [1.54, 1.807) is 0 Å². The van der Waals surface area contributed by atoms with Crippen molar-refractivity contribution in [3.8, 4) is 0 Å². The molecule has 124 valence electrons. The van der Waals surface area contributed by atoms with Crippen molar-refractivity contribution in [2.75, 3.05) is 26.7 Å². The van der Waals surface area contributed by atoms with Gasteiger partial charge in [0, 0.05) is 37.8 Å². The van der Waals surface area contributed by atoms with E-state index in [2.05, 4.69) is 49.9 Å². The fourth-order valence-corrected chi connectivity index (χ4v) is 3.40. The Labute approximate surface area is 130 Å².